The zero-order chi connectivity index (χ0) is 23.6. The summed E-state index contributed by atoms with van der Waals surface area (Å²) in [6, 6.07) is 0. The molecule has 2 N–H and O–H groups in total. The van der Waals surface area contributed by atoms with Gasteiger partial charge in [0, 0.05) is 0 Å². The Morgan fingerprint density at radius 3 is 1.60 bits per heavy atom. The van der Waals surface area contributed by atoms with Gasteiger partial charge in [-0.3, -0.25) is 0 Å². The van der Waals surface area contributed by atoms with Crippen LogP contribution in [-0.4, -0.2) is 48.8 Å². The number of unbranched alkanes of at least 4 members (excludes halogenated alkanes) is 3. The van der Waals surface area contributed by atoms with Crippen molar-refractivity contribution in [2.75, 3.05) is 0 Å². The molecule has 3 nitrogen and oxygen atoms in total. The summed E-state index contributed by atoms with van der Waals surface area (Å²) < 4.78 is 13.0. The average Bonchev–Trinajstić information content (AvgIpc) is 2.65. The molecule has 0 rings (SSSR count). The van der Waals surface area contributed by atoms with Gasteiger partial charge in [-0.2, -0.15) is 0 Å². The summed E-state index contributed by atoms with van der Waals surface area (Å²) in [5.74, 6) is -1.71. The molecule has 0 bridgehead atoms. The molecule has 0 aliphatic rings. The predicted octanol–water partition coefficient (Wildman–Crippen LogP) is 7.66. The van der Waals surface area contributed by atoms with Gasteiger partial charge in [-0.25, -0.2) is 0 Å². The van der Waals surface area contributed by atoms with E-state index >= 15 is 0 Å². The molecule has 0 spiro atoms. The number of rotatable bonds is 15. The Labute approximate surface area is 194 Å². The fourth-order valence-electron chi connectivity index (χ4n) is 3.73. The van der Waals surface area contributed by atoms with Gasteiger partial charge in [-0.05, 0) is 0 Å². The minimum atomic E-state index is -2.51. The van der Waals surface area contributed by atoms with Gasteiger partial charge in [0.2, 0.25) is 0 Å². The first-order valence-corrected chi connectivity index (χ1v) is 23.1. The first-order valence-electron chi connectivity index (χ1n) is 12.5. The molecule has 30 heavy (non-hydrogen) atoms. The van der Waals surface area contributed by atoms with Crippen molar-refractivity contribution in [3.63, 3.8) is 0 Å². The molecule has 0 aliphatic carbocycles. The van der Waals surface area contributed by atoms with Gasteiger partial charge in [0.1, 0.15) is 0 Å². The third-order valence-electron chi connectivity index (χ3n) is 7.19. The molecule has 0 amide bonds. The van der Waals surface area contributed by atoms with Gasteiger partial charge in [0.05, 0.1) is 0 Å². The zero-order valence-corrected chi connectivity index (χ0v) is 25.8. The Bertz CT molecular complexity index is 477. The molecule has 0 aromatic rings. The van der Waals surface area contributed by atoms with Crippen LogP contribution >= 0.6 is 0 Å². The predicted molar refractivity (Wildman–Crippen MR) is 138 cm³/mol. The van der Waals surface area contributed by atoms with E-state index in [9.17, 15) is 10.2 Å². The summed E-state index contributed by atoms with van der Waals surface area (Å²) in [5, 5.41) is 22.7. The van der Waals surface area contributed by atoms with Crippen molar-refractivity contribution < 1.29 is 14.6 Å². The molecule has 0 radical (unpaired) electrons. The maximum absolute atomic E-state index is 11.5. The first kappa shape index (κ1) is 30.6. The van der Waals surface area contributed by atoms with Crippen LogP contribution in [0.25, 0.3) is 0 Å². The van der Waals surface area contributed by atoms with E-state index < -0.39 is 38.6 Å². The molecular weight excluding hydrogens is 495 g/mol. The van der Waals surface area contributed by atoms with E-state index in [1.807, 2.05) is 19.9 Å². The second-order valence-electron chi connectivity index (χ2n) is 11.2. The molecule has 180 valence electrons. The van der Waals surface area contributed by atoms with Gasteiger partial charge in [0.25, 0.3) is 0 Å². The van der Waals surface area contributed by atoms with Gasteiger partial charge in [-0.15, -0.1) is 0 Å². The summed E-state index contributed by atoms with van der Waals surface area (Å²) in [5.41, 5.74) is 0. The van der Waals surface area contributed by atoms with Crippen molar-refractivity contribution in [3.8, 4) is 0 Å². The van der Waals surface area contributed by atoms with Crippen LogP contribution < -0.4 is 0 Å². The van der Waals surface area contributed by atoms with E-state index in [2.05, 4.69) is 58.7 Å². The van der Waals surface area contributed by atoms with Crippen LogP contribution in [0, 0.1) is 5.92 Å². The SMILES string of the molecule is CCC[CH2][Sn](/[CH]=C/[C@@H](O)[C@](O)(O[Si](C)(C)C(C)(C)C)C(C)C)([CH2]CCC)[CH2]CCC. The summed E-state index contributed by atoms with van der Waals surface area (Å²) in [6.45, 7) is 21.5. The van der Waals surface area contributed by atoms with Gasteiger partial charge < -0.3 is 0 Å². The van der Waals surface area contributed by atoms with Crippen molar-refractivity contribution >= 4 is 26.7 Å². The van der Waals surface area contributed by atoms with E-state index in [1.165, 1.54) is 51.8 Å². The van der Waals surface area contributed by atoms with Gasteiger partial charge in [-0.1, -0.05) is 0 Å². The quantitative estimate of drug-likeness (QED) is 0.163. The molecule has 0 saturated heterocycles. The normalized spacial score (nSPS) is 17.0. The van der Waals surface area contributed by atoms with Crippen LogP contribution in [0.5, 0.6) is 0 Å². The van der Waals surface area contributed by atoms with Crippen molar-refractivity contribution in [2.24, 2.45) is 5.92 Å². The first-order chi connectivity index (χ1) is 13.7. The fraction of sp³-hybridized carbons (Fsp3) is 0.920. The molecule has 0 aromatic heterocycles. The second-order valence-corrected chi connectivity index (χ2v) is 29.0. The van der Waals surface area contributed by atoms with Crippen molar-refractivity contribution in [2.45, 2.75) is 137 Å². The average molecular weight is 550 g/mol. The molecule has 0 saturated carbocycles. The molecule has 0 unspecified atom stereocenters. The second kappa shape index (κ2) is 13.4. The summed E-state index contributed by atoms with van der Waals surface area (Å²) in [7, 11) is -2.23. The molecule has 5 heteroatoms. The van der Waals surface area contributed by atoms with Crippen molar-refractivity contribution in [1.29, 1.82) is 0 Å². The van der Waals surface area contributed by atoms with Crippen LogP contribution in [0.2, 0.25) is 31.4 Å². The van der Waals surface area contributed by atoms with E-state index in [0.29, 0.717) is 0 Å². The molecule has 0 aromatic carbocycles. The summed E-state index contributed by atoms with van der Waals surface area (Å²) in [4.78, 5) is 0. The number of hydrogen-bond donors (Lipinski definition) is 2. The van der Waals surface area contributed by atoms with Gasteiger partial charge in [0.15, 0.2) is 0 Å². The molecule has 0 aliphatic heterocycles. The van der Waals surface area contributed by atoms with E-state index in [4.69, 9.17) is 4.43 Å². The minimum absolute atomic E-state index is 0.0222. The number of aliphatic hydroxyl groups excluding tert-OH is 1. The Morgan fingerprint density at radius 1 is 0.900 bits per heavy atom. The van der Waals surface area contributed by atoms with Crippen LogP contribution in [0.4, 0.5) is 0 Å². The van der Waals surface area contributed by atoms with Crippen LogP contribution in [0.1, 0.15) is 93.9 Å². The Morgan fingerprint density at radius 2 is 1.30 bits per heavy atom. The monoisotopic (exact) mass is 550 g/mol. The van der Waals surface area contributed by atoms with Crippen LogP contribution in [0.3, 0.4) is 0 Å². The summed E-state index contributed by atoms with van der Waals surface area (Å²) in [6.07, 6.45) is 8.54. The van der Waals surface area contributed by atoms with Crippen LogP contribution in [-0.2, 0) is 4.43 Å². The topological polar surface area (TPSA) is 49.7 Å². The molecular formula is C25H54O3SiSn. The molecule has 0 fully saturated rings. The summed E-state index contributed by atoms with van der Waals surface area (Å²) >= 11 is -2.51. The van der Waals surface area contributed by atoms with E-state index in [-0.39, 0.29) is 11.0 Å². The standard InChI is InChI=1S/C13H27O3Si.3C4H9.Sn/c1-9-11(14)13(15,10(2)3)16-17(7,8)12(4,5)6;3*1-3-4-2;/h1,9-11,14-15H,2-8H3;3*1,3-4H2,2H3;/t11-,13-;;;;/m1..../s1. The van der Waals surface area contributed by atoms with Crippen molar-refractivity contribution in [1.82, 2.24) is 0 Å². The van der Waals surface area contributed by atoms with Crippen molar-refractivity contribution in [3.05, 3.63) is 10.2 Å². The van der Waals surface area contributed by atoms with Gasteiger partial charge >= 0.3 is 195 Å². The van der Waals surface area contributed by atoms with E-state index in [0.717, 1.165) is 0 Å². The third-order valence-corrected chi connectivity index (χ3v) is 25.8. The van der Waals surface area contributed by atoms with Crippen LogP contribution in [0.15, 0.2) is 10.2 Å². The third kappa shape index (κ3) is 9.25. The number of hydrogen-bond acceptors (Lipinski definition) is 3. The fourth-order valence-corrected chi connectivity index (χ4v) is 19.5. The Hall–Kier alpha value is 0.636. The Balaban J connectivity index is 5.87. The molecule has 2 atom stereocenters. The maximum atomic E-state index is 11.5. The molecule has 0 heterocycles. The Kier molecular flexibility index (Phi) is 13.7. The number of aliphatic hydroxyl groups is 2. The zero-order valence-electron chi connectivity index (χ0n) is 22.0. The van der Waals surface area contributed by atoms with E-state index in [1.54, 1.807) is 0 Å².